The molecule has 76 valence electrons. The molecule has 0 bridgehead atoms. The van der Waals surface area contributed by atoms with Gasteiger partial charge in [0.25, 0.3) is 0 Å². The normalized spacial score (nSPS) is 14.1. The number of hydrogen-bond acceptors (Lipinski definition) is 2. The van der Waals surface area contributed by atoms with Crippen LogP contribution in [0.15, 0.2) is 11.6 Å². The van der Waals surface area contributed by atoms with Crippen molar-refractivity contribution in [3.05, 3.63) is 11.6 Å². The first kappa shape index (κ1) is 12.6. The van der Waals surface area contributed by atoms with Gasteiger partial charge in [0.05, 0.1) is 6.61 Å². The molecule has 0 saturated carbocycles. The Hall–Kier alpha value is -0.413. The van der Waals surface area contributed by atoms with Gasteiger partial charge in [-0.3, -0.25) is 4.79 Å². The maximum absolute atomic E-state index is 11.3. The molecule has 0 N–H and O–H groups in total. The Morgan fingerprint density at radius 3 is 2.38 bits per heavy atom. The van der Waals surface area contributed by atoms with Gasteiger partial charge in [-0.2, -0.15) is 0 Å². The first-order chi connectivity index (χ1) is 5.88. The van der Waals surface area contributed by atoms with E-state index < -0.39 is 9.76 Å². The Bertz CT molecular complexity index is 201. The molecule has 0 spiro atoms. The maximum Gasteiger partial charge on any atom is 0.179 e. The van der Waals surface area contributed by atoms with E-state index in [1.807, 2.05) is 13.5 Å². The molecule has 0 aromatic carbocycles. The monoisotopic (exact) mass is 200 g/mol. The predicted octanol–water partition coefficient (Wildman–Crippen LogP) is 1.70. The maximum atomic E-state index is 11.3. The molecule has 0 aliphatic rings. The van der Waals surface area contributed by atoms with Crippen LogP contribution in [0.3, 0.4) is 0 Å². The van der Waals surface area contributed by atoms with E-state index in [0.29, 0.717) is 0 Å². The topological polar surface area (TPSA) is 26.3 Å². The van der Waals surface area contributed by atoms with Crippen LogP contribution in [-0.2, 0) is 9.22 Å². The molecule has 0 unspecified atom stereocenters. The fourth-order valence-corrected chi connectivity index (χ4v) is 1.11. The van der Waals surface area contributed by atoms with Gasteiger partial charge in [0.1, 0.15) is 0 Å². The highest BCUT2D eigenvalue weighted by molar-refractivity contribution is 6.25. The molecule has 0 radical (unpaired) electrons. The number of hydrogen-bond donors (Lipinski definition) is 0. The molecule has 2 nitrogen and oxygen atoms in total. The smallest absolute Gasteiger partial charge is 0.179 e. The first-order valence-electron chi connectivity index (χ1n) is 4.67. The standard InChI is InChI=1S/C10H20O2Si/c1-8(10(2,3)4)6-9(11)7-12-13-5/h6H,7,13H2,1-5H3. The van der Waals surface area contributed by atoms with Crippen LogP contribution in [0.25, 0.3) is 0 Å². The second-order valence-corrected chi connectivity index (χ2v) is 5.17. The summed E-state index contributed by atoms with van der Waals surface area (Å²) >= 11 is 0. The van der Waals surface area contributed by atoms with Crippen LogP contribution in [-0.4, -0.2) is 22.2 Å². The zero-order valence-electron chi connectivity index (χ0n) is 9.31. The van der Waals surface area contributed by atoms with E-state index in [2.05, 4.69) is 20.8 Å². The lowest BCUT2D eigenvalue weighted by atomic mass is 9.87. The second kappa shape index (κ2) is 5.35. The molecule has 0 amide bonds. The summed E-state index contributed by atoms with van der Waals surface area (Å²) in [5, 5.41) is 0. The molecule has 13 heavy (non-hydrogen) atoms. The van der Waals surface area contributed by atoms with Gasteiger partial charge in [-0.15, -0.1) is 0 Å². The van der Waals surface area contributed by atoms with Crippen molar-refractivity contribution >= 4 is 15.5 Å². The molecule has 0 aromatic heterocycles. The fraction of sp³-hybridized carbons (Fsp3) is 0.700. The van der Waals surface area contributed by atoms with Gasteiger partial charge >= 0.3 is 0 Å². The molecule has 0 atom stereocenters. The Kier molecular flexibility index (Phi) is 5.18. The molecule has 0 aromatic rings. The summed E-state index contributed by atoms with van der Waals surface area (Å²) in [5.41, 5.74) is 1.19. The molecular weight excluding hydrogens is 180 g/mol. The van der Waals surface area contributed by atoms with E-state index in [4.69, 9.17) is 4.43 Å². The van der Waals surface area contributed by atoms with Crippen molar-refractivity contribution in [2.24, 2.45) is 5.41 Å². The lowest BCUT2D eigenvalue weighted by molar-refractivity contribution is -0.116. The molecule has 0 fully saturated rings. The molecular formula is C10H20O2Si. The van der Waals surface area contributed by atoms with Gasteiger partial charge in [0.2, 0.25) is 0 Å². The zero-order chi connectivity index (χ0) is 10.5. The summed E-state index contributed by atoms with van der Waals surface area (Å²) in [7, 11) is -0.447. The SMILES string of the molecule is C[SiH2]OCC(=O)C=C(C)C(C)(C)C. The van der Waals surface area contributed by atoms with Crippen molar-refractivity contribution < 1.29 is 9.22 Å². The predicted molar refractivity (Wildman–Crippen MR) is 58.6 cm³/mol. The number of rotatable bonds is 4. The van der Waals surface area contributed by atoms with Gasteiger partial charge < -0.3 is 4.43 Å². The second-order valence-electron chi connectivity index (χ2n) is 4.18. The van der Waals surface area contributed by atoms with Crippen molar-refractivity contribution in [1.82, 2.24) is 0 Å². The number of carbonyl (C=O) groups excluding carboxylic acids is 1. The van der Waals surface area contributed by atoms with Crippen LogP contribution < -0.4 is 0 Å². The minimum atomic E-state index is -0.447. The van der Waals surface area contributed by atoms with Crippen LogP contribution in [0.4, 0.5) is 0 Å². The van der Waals surface area contributed by atoms with Crippen LogP contribution in [0.1, 0.15) is 27.7 Å². The van der Waals surface area contributed by atoms with Crippen LogP contribution >= 0.6 is 0 Å². The Labute approximate surface area is 83.3 Å². The van der Waals surface area contributed by atoms with E-state index in [1.54, 1.807) is 6.08 Å². The van der Waals surface area contributed by atoms with Crippen molar-refractivity contribution in [2.75, 3.05) is 6.61 Å². The Morgan fingerprint density at radius 1 is 1.46 bits per heavy atom. The third-order valence-electron chi connectivity index (χ3n) is 2.01. The largest absolute Gasteiger partial charge is 0.417 e. The van der Waals surface area contributed by atoms with Crippen LogP contribution in [0, 0.1) is 5.41 Å². The van der Waals surface area contributed by atoms with Crippen LogP contribution in [0.2, 0.25) is 6.55 Å². The van der Waals surface area contributed by atoms with E-state index in [-0.39, 0.29) is 17.8 Å². The fourth-order valence-electron chi connectivity index (χ4n) is 0.702. The minimum Gasteiger partial charge on any atom is -0.417 e. The molecule has 0 rings (SSSR count). The van der Waals surface area contributed by atoms with Crippen molar-refractivity contribution in [3.63, 3.8) is 0 Å². The average molecular weight is 200 g/mol. The first-order valence-corrected chi connectivity index (χ1v) is 6.66. The summed E-state index contributed by atoms with van der Waals surface area (Å²) in [6.07, 6.45) is 1.70. The molecule has 0 aliphatic carbocycles. The summed E-state index contributed by atoms with van der Waals surface area (Å²) in [4.78, 5) is 11.3. The lowest BCUT2D eigenvalue weighted by Gasteiger charge is -2.19. The highest BCUT2D eigenvalue weighted by Crippen LogP contribution is 2.23. The third-order valence-corrected chi connectivity index (χ3v) is 2.62. The van der Waals surface area contributed by atoms with Crippen molar-refractivity contribution in [3.8, 4) is 0 Å². The van der Waals surface area contributed by atoms with Gasteiger partial charge in [0.15, 0.2) is 15.5 Å². The highest BCUT2D eigenvalue weighted by atomic mass is 28.2. The minimum absolute atomic E-state index is 0.0826. The third kappa shape index (κ3) is 5.77. The van der Waals surface area contributed by atoms with E-state index in [9.17, 15) is 4.79 Å². The van der Waals surface area contributed by atoms with Gasteiger partial charge in [0, 0.05) is 0 Å². The molecule has 0 heterocycles. The summed E-state index contributed by atoms with van der Waals surface area (Å²) in [6.45, 7) is 10.6. The van der Waals surface area contributed by atoms with Crippen molar-refractivity contribution in [1.29, 1.82) is 0 Å². The lowest BCUT2D eigenvalue weighted by Crippen LogP contribution is -2.12. The average Bonchev–Trinajstić information content (AvgIpc) is 1.99. The number of ketones is 1. The summed E-state index contributed by atoms with van der Waals surface area (Å²) in [5.74, 6) is 0.0850. The quantitative estimate of drug-likeness (QED) is 0.510. The summed E-state index contributed by atoms with van der Waals surface area (Å²) in [6, 6.07) is 0. The van der Waals surface area contributed by atoms with Gasteiger partial charge in [-0.25, -0.2) is 0 Å². The van der Waals surface area contributed by atoms with Gasteiger partial charge in [-0.1, -0.05) is 32.9 Å². The highest BCUT2D eigenvalue weighted by Gasteiger charge is 2.13. The Morgan fingerprint density at radius 2 is 2.00 bits per heavy atom. The number of allylic oxidation sites excluding steroid dienone is 1. The van der Waals surface area contributed by atoms with Crippen LogP contribution in [0.5, 0.6) is 0 Å². The zero-order valence-corrected chi connectivity index (χ0v) is 10.7. The van der Waals surface area contributed by atoms with E-state index in [0.717, 1.165) is 5.57 Å². The molecule has 3 heteroatoms. The Balaban J connectivity index is 4.15. The van der Waals surface area contributed by atoms with Gasteiger partial charge in [-0.05, 0) is 18.4 Å². The number of carbonyl (C=O) groups is 1. The molecule has 0 saturated heterocycles. The van der Waals surface area contributed by atoms with Crippen molar-refractivity contribution in [2.45, 2.75) is 34.2 Å². The van der Waals surface area contributed by atoms with E-state index >= 15 is 0 Å². The molecule has 0 aliphatic heterocycles. The van der Waals surface area contributed by atoms with E-state index in [1.165, 1.54) is 0 Å². The summed E-state index contributed by atoms with van der Waals surface area (Å²) < 4.78 is 5.15.